The van der Waals surface area contributed by atoms with Gasteiger partial charge in [-0.3, -0.25) is 4.79 Å². The van der Waals surface area contributed by atoms with E-state index < -0.39 is 23.3 Å². The van der Waals surface area contributed by atoms with Crippen LogP contribution in [0.25, 0.3) is 0 Å². The molecule has 0 aliphatic rings. The largest absolute Gasteiger partial charge is 0.506 e. The first-order valence-electron chi connectivity index (χ1n) is 3.97. The molecule has 7 heteroatoms. The molecular formula is C9H5BrClF3O2. The molecule has 1 aromatic carbocycles. The van der Waals surface area contributed by atoms with Gasteiger partial charge in [0.15, 0.2) is 5.78 Å². The summed E-state index contributed by atoms with van der Waals surface area (Å²) in [5.41, 5.74) is -1.29. The van der Waals surface area contributed by atoms with Crippen LogP contribution in [0.1, 0.15) is 15.9 Å². The molecule has 0 bridgehead atoms. The Hall–Kier alpha value is -0.750. The Balaban J connectivity index is 3.35. The number of halogens is 5. The molecule has 0 spiro atoms. The highest BCUT2D eigenvalue weighted by Crippen LogP contribution is 2.41. The van der Waals surface area contributed by atoms with Crippen LogP contribution in [0.3, 0.4) is 0 Å². The summed E-state index contributed by atoms with van der Waals surface area (Å²) in [7, 11) is 0. The zero-order valence-corrected chi connectivity index (χ0v) is 9.95. The van der Waals surface area contributed by atoms with Crippen molar-refractivity contribution in [3.8, 4) is 5.75 Å². The number of ketones is 1. The van der Waals surface area contributed by atoms with Crippen LogP contribution in [-0.4, -0.2) is 16.8 Å². The number of carbonyl (C=O) groups excluding carboxylic acids is 1. The van der Waals surface area contributed by atoms with Crippen molar-refractivity contribution in [3.05, 3.63) is 27.7 Å². The third-order valence-electron chi connectivity index (χ3n) is 1.84. The molecule has 1 aromatic rings. The third-order valence-corrected chi connectivity index (χ3v) is 2.89. The van der Waals surface area contributed by atoms with Gasteiger partial charge >= 0.3 is 6.18 Å². The number of benzene rings is 1. The maximum Gasteiger partial charge on any atom is 0.419 e. The third kappa shape index (κ3) is 2.49. The standard InChI is InChI=1S/C9H5BrClF3O2/c10-7-4(6(15)3-11)1-2-5(8(7)16)9(12,13)14/h1-2,16H,3H2. The summed E-state index contributed by atoms with van der Waals surface area (Å²) in [6.07, 6.45) is -4.67. The minimum absolute atomic E-state index is 0.0829. The monoisotopic (exact) mass is 316 g/mol. The summed E-state index contributed by atoms with van der Waals surface area (Å²) in [6.45, 7) is 0. The molecular weight excluding hydrogens is 312 g/mol. The fourth-order valence-electron chi connectivity index (χ4n) is 1.08. The van der Waals surface area contributed by atoms with Crippen molar-refractivity contribution < 1.29 is 23.1 Å². The molecule has 0 radical (unpaired) electrons. The fraction of sp³-hybridized carbons (Fsp3) is 0.222. The first-order valence-corrected chi connectivity index (χ1v) is 5.29. The lowest BCUT2D eigenvalue weighted by Crippen LogP contribution is -2.08. The molecule has 0 aliphatic heterocycles. The molecule has 0 aromatic heterocycles. The number of alkyl halides is 4. The van der Waals surface area contributed by atoms with Gasteiger partial charge in [-0.2, -0.15) is 13.2 Å². The summed E-state index contributed by atoms with van der Waals surface area (Å²) in [5, 5.41) is 9.30. The maximum absolute atomic E-state index is 12.4. The van der Waals surface area contributed by atoms with Crippen LogP contribution < -0.4 is 0 Å². The van der Waals surface area contributed by atoms with E-state index >= 15 is 0 Å². The summed E-state index contributed by atoms with van der Waals surface area (Å²) >= 11 is 8.00. The number of rotatable bonds is 2. The van der Waals surface area contributed by atoms with Crippen LogP contribution in [0, 0.1) is 0 Å². The lowest BCUT2D eigenvalue weighted by Gasteiger charge is -2.11. The zero-order valence-electron chi connectivity index (χ0n) is 7.61. The maximum atomic E-state index is 12.4. The quantitative estimate of drug-likeness (QED) is 0.668. The molecule has 1 rings (SSSR count). The molecule has 0 atom stereocenters. The van der Waals surface area contributed by atoms with Gasteiger partial charge in [0.25, 0.3) is 0 Å². The Morgan fingerprint density at radius 2 is 2.00 bits per heavy atom. The number of Topliss-reactive ketones (excluding diaryl/α,β-unsaturated/α-hetero) is 1. The molecule has 88 valence electrons. The summed E-state index contributed by atoms with van der Waals surface area (Å²) in [6, 6.07) is 1.61. The van der Waals surface area contributed by atoms with Crippen LogP contribution in [0.5, 0.6) is 5.75 Å². The molecule has 16 heavy (non-hydrogen) atoms. The molecule has 2 nitrogen and oxygen atoms in total. The molecule has 0 amide bonds. The lowest BCUT2D eigenvalue weighted by atomic mass is 10.1. The molecule has 0 heterocycles. The van der Waals surface area contributed by atoms with Crippen LogP contribution in [0.15, 0.2) is 16.6 Å². The van der Waals surface area contributed by atoms with Gasteiger partial charge in [0.05, 0.1) is 15.9 Å². The van der Waals surface area contributed by atoms with Gasteiger partial charge in [-0.1, -0.05) is 0 Å². The van der Waals surface area contributed by atoms with E-state index in [1.54, 1.807) is 0 Å². The average Bonchev–Trinajstić information content (AvgIpc) is 2.19. The van der Waals surface area contributed by atoms with Crippen molar-refractivity contribution in [2.24, 2.45) is 0 Å². The Kier molecular flexibility index (Phi) is 3.85. The second-order valence-electron chi connectivity index (χ2n) is 2.88. The number of hydrogen-bond donors (Lipinski definition) is 1. The first kappa shape index (κ1) is 13.3. The summed E-state index contributed by atoms with van der Waals surface area (Å²) in [5.74, 6) is -1.95. The van der Waals surface area contributed by atoms with Crippen molar-refractivity contribution in [3.63, 3.8) is 0 Å². The van der Waals surface area contributed by atoms with Crippen LogP contribution >= 0.6 is 27.5 Å². The predicted molar refractivity (Wildman–Crippen MR) is 55.9 cm³/mol. The molecule has 0 saturated carbocycles. The number of phenols is 1. The Morgan fingerprint density at radius 3 is 2.44 bits per heavy atom. The van der Waals surface area contributed by atoms with Gasteiger partial charge < -0.3 is 5.11 Å². The van der Waals surface area contributed by atoms with Crippen LogP contribution in [-0.2, 0) is 6.18 Å². The highest BCUT2D eigenvalue weighted by atomic mass is 79.9. The van der Waals surface area contributed by atoms with Gasteiger partial charge in [-0.25, -0.2) is 0 Å². The highest BCUT2D eigenvalue weighted by molar-refractivity contribution is 9.10. The Morgan fingerprint density at radius 1 is 1.44 bits per heavy atom. The summed E-state index contributed by atoms with van der Waals surface area (Å²) < 4.78 is 36.8. The number of carbonyl (C=O) groups is 1. The predicted octanol–water partition coefficient (Wildman–Crippen LogP) is 3.60. The van der Waals surface area contributed by atoms with Gasteiger partial charge in [-0.15, -0.1) is 11.6 Å². The van der Waals surface area contributed by atoms with E-state index in [0.717, 1.165) is 6.07 Å². The highest BCUT2D eigenvalue weighted by Gasteiger charge is 2.35. The average molecular weight is 317 g/mol. The SMILES string of the molecule is O=C(CCl)c1ccc(C(F)(F)F)c(O)c1Br. The number of hydrogen-bond acceptors (Lipinski definition) is 2. The van der Waals surface area contributed by atoms with E-state index in [1.165, 1.54) is 0 Å². The molecule has 0 saturated heterocycles. The second kappa shape index (κ2) is 4.63. The summed E-state index contributed by atoms with van der Waals surface area (Å²) in [4.78, 5) is 11.2. The molecule has 0 aliphatic carbocycles. The number of aromatic hydroxyl groups is 1. The van der Waals surface area contributed by atoms with Gasteiger partial charge in [-0.05, 0) is 28.1 Å². The van der Waals surface area contributed by atoms with Crippen molar-refractivity contribution in [2.45, 2.75) is 6.18 Å². The van der Waals surface area contributed by atoms with Gasteiger partial charge in [0.2, 0.25) is 0 Å². The van der Waals surface area contributed by atoms with Crippen molar-refractivity contribution in [2.75, 3.05) is 5.88 Å². The van der Waals surface area contributed by atoms with Gasteiger partial charge in [0, 0.05) is 5.56 Å². The van der Waals surface area contributed by atoms with E-state index in [-0.39, 0.29) is 15.9 Å². The molecule has 1 N–H and O–H groups in total. The van der Waals surface area contributed by atoms with Crippen molar-refractivity contribution >= 4 is 33.3 Å². The van der Waals surface area contributed by atoms with E-state index in [1.807, 2.05) is 0 Å². The second-order valence-corrected chi connectivity index (χ2v) is 3.94. The van der Waals surface area contributed by atoms with E-state index in [0.29, 0.717) is 6.07 Å². The zero-order chi connectivity index (χ0) is 12.5. The lowest BCUT2D eigenvalue weighted by molar-refractivity contribution is -0.138. The normalized spacial score (nSPS) is 11.6. The minimum atomic E-state index is -4.67. The van der Waals surface area contributed by atoms with Crippen LogP contribution in [0.2, 0.25) is 0 Å². The van der Waals surface area contributed by atoms with E-state index in [2.05, 4.69) is 15.9 Å². The Labute approximate surface area is 102 Å². The van der Waals surface area contributed by atoms with Gasteiger partial charge in [0.1, 0.15) is 5.75 Å². The minimum Gasteiger partial charge on any atom is -0.506 e. The van der Waals surface area contributed by atoms with Crippen molar-refractivity contribution in [1.29, 1.82) is 0 Å². The Bertz CT molecular complexity index is 431. The van der Waals surface area contributed by atoms with Crippen molar-refractivity contribution in [1.82, 2.24) is 0 Å². The molecule has 0 fully saturated rings. The molecule has 0 unspecified atom stereocenters. The fourth-order valence-corrected chi connectivity index (χ4v) is 1.79. The van der Waals surface area contributed by atoms with E-state index in [9.17, 15) is 23.1 Å². The topological polar surface area (TPSA) is 37.3 Å². The first-order chi connectivity index (χ1) is 7.29. The van der Waals surface area contributed by atoms with E-state index in [4.69, 9.17) is 11.6 Å². The smallest absolute Gasteiger partial charge is 0.419 e. The number of phenolic OH excluding ortho intramolecular Hbond substituents is 1. The van der Waals surface area contributed by atoms with Crippen LogP contribution in [0.4, 0.5) is 13.2 Å².